The zero-order chi connectivity index (χ0) is 11.6. The van der Waals surface area contributed by atoms with Gasteiger partial charge in [0.2, 0.25) is 0 Å². The molecule has 1 aromatic carbocycles. The molecule has 1 aromatic rings. The molecule has 15 heavy (non-hydrogen) atoms. The van der Waals surface area contributed by atoms with E-state index >= 15 is 0 Å². The first-order valence-electron chi connectivity index (χ1n) is 5.38. The van der Waals surface area contributed by atoms with Crippen molar-refractivity contribution >= 4 is 12.6 Å². The second kappa shape index (κ2) is 4.82. The van der Waals surface area contributed by atoms with Crippen LogP contribution in [0, 0.1) is 19.8 Å². The molecular formula is C12H19BO2. The standard InChI is InChI=1S/C12H19BO2/c1-8(2)5-11-6-9(3)12(13(14)15)10(4)7-11/h6-8,14-15H,5H2,1-4H3. The Balaban J connectivity index is 3.08. The highest BCUT2D eigenvalue weighted by Crippen LogP contribution is 2.12. The normalized spacial score (nSPS) is 10.9. The first kappa shape index (κ1) is 12.3. The highest BCUT2D eigenvalue weighted by Gasteiger charge is 2.17. The average Bonchev–Trinajstić information content (AvgIpc) is 1.99. The third-order valence-corrected chi connectivity index (χ3v) is 2.56. The highest BCUT2D eigenvalue weighted by atomic mass is 16.4. The molecule has 0 saturated heterocycles. The summed E-state index contributed by atoms with van der Waals surface area (Å²) in [7, 11) is -1.36. The fraction of sp³-hybridized carbons (Fsp3) is 0.500. The predicted octanol–water partition coefficient (Wildman–Crippen LogP) is 1.18. The van der Waals surface area contributed by atoms with Gasteiger partial charge in [-0.2, -0.15) is 0 Å². The number of benzene rings is 1. The molecule has 0 aliphatic carbocycles. The Morgan fingerprint density at radius 1 is 1.13 bits per heavy atom. The van der Waals surface area contributed by atoms with Gasteiger partial charge in [0, 0.05) is 0 Å². The molecule has 0 spiro atoms. The second-order valence-electron chi connectivity index (χ2n) is 4.61. The Bertz CT molecular complexity index is 322. The van der Waals surface area contributed by atoms with Gasteiger partial charge in [-0.15, -0.1) is 0 Å². The van der Waals surface area contributed by atoms with E-state index < -0.39 is 7.12 Å². The zero-order valence-electron chi connectivity index (χ0n) is 9.91. The Morgan fingerprint density at radius 2 is 1.60 bits per heavy atom. The van der Waals surface area contributed by atoms with E-state index in [0.717, 1.165) is 17.5 Å². The maximum atomic E-state index is 9.21. The SMILES string of the molecule is Cc1cc(CC(C)C)cc(C)c1B(O)O. The van der Waals surface area contributed by atoms with Crippen LogP contribution in [0.5, 0.6) is 0 Å². The molecule has 0 heterocycles. The van der Waals surface area contributed by atoms with Crippen molar-refractivity contribution < 1.29 is 10.0 Å². The summed E-state index contributed by atoms with van der Waals surface area (Å²) in [4.78, 5) is 0. The van der Waals surface area contributed by atoms with Crippen molar-refractivity contribution in [3.63, 3.8) is 0 Å². The summed E-state index contributed by atoms with van der Waals surface area (Å²) in [6, 6.07) is 4.09. The van der Waals surface area contributed by atoms with Crippen LogP contribution in [-0.4, -0.2) is 17.2 Å². The third-order valence-electron chi connectivity index (χ3n) is 2.56. The van der Waals surface area contributed by atoms with Crippen molar-refractivity contribution in [2.45, 2.75) is 34.1 Å². The minimum absolute atomic E-state index is 0.619. The molecule has 0 radical (unpaired) electrons. The van der Waals surface area contributed by atoms with Gasteiger partial charge in [-0.3, -0.25) is 0 Å². The summed E-state index contributed by atoms with van der Waals surface area (Å²) in [5, 5.41) is 18.4. The summed E-state index contributed by atoms with van der Waals surface area (Å²) in [6.45, 7) is 8.20. The van der Waals surface area contributed by atoms with Crippen molar-refractivity contribution in [1.29, 1.82) is 0 Å². The molecule has 0 bridgehead atoms. The molecular weight excluding hydrogens is 187 g/mol. The molecule has 2 N–H and O–H groups in total. The van der Waals surface area contributed by atoms with Crippen LogP contribution in [0.25, 0.3) is 0 Å². The average molecular weight is 206 g/mol. The van der Waals surface area contributed by atoms with Crippen LogP contribution >= 0.6 is 0 Å². The Kier molecular flexibility index (Phi) is 3.94. The fourth-order valence-corrected chi connectivity index (χ4v) is 2.06. The topological polar surface area (TPSA) is 40.5 Å². The highest BCUT2D eigenvalue weighted by molar-refractivity contribution is 6.59. The molecule has 0 aliphatic heterocycles. The molecule has 0 amide bonds. The molecule has 1 rings (SSSR count). The second-order valence-corrected chi connectivity index (χ2v) is 4.61. The number of hydrogen-bond donors (Lipinski definition) is 2. The molecule has 0 unspecified atom stereocenters. The van der Waals surface area contributed by atoms with Gasteiger partial charge < -0.3 is 10.0 Å². The minimum atomic E-state index is -1.36. The lowest BCUT2D eigenvalue weighted by Crippen LogP contribution is -2.34. The van der Waals surface area contributed by atoms with Crippen LogP contribution in [0.2, 0.25) is 0 Å². The van der Waals surface area contributed by atoms with E-state index in [2.05, 4.69) is 13.8 Å². The van der Waals surface area contributed by atoms with E-state index in [4.69, 9.17) is 0 Å². The van der Waals surface area contributed by atoms with Gasteiger partial charge in [-0.25, -0.2) is 0 Å². The van der Waals surface area contributed by atoms with E-state index in [0.29, 0.717) is 11.4 Å². The lowest BCUT2D eigenvalue weighted by Gasteiger charge is -2.13. The summed E-state index contributed by atoms with van der Waals surface area (Å²) >= 11 is 0. The summed E-state index contributed by atoms with van der Waals surface area (Å²) in [5.41, 5.74) is 3.83. The molecule has 0 aromatic heterocycles. The molecule has 0 atom stereocenters. The minimum Gasteiger partial charge on any atom is -0.423 e. The summed E-state index contributed by atoms with van der Waals surface area (Å²) < 4.78 is 0. The van der Waals surface area contributed by atoms with Crippen LogP contribution in [0.3, 0.4) is 0 Å². The number of aryl methyl sites for hydroxylation is 2. The number of rotatable bonds is 3. The van der Waals surface area contributed by atoms with Crippen LogP contribution in [0.1, 0.15) is 30.5 Å². The van der Waals surface area contributed by atoms with Gasteiger partial charge in [0.1, 0.15) is 0 Å². The van der Waals surface area contributed by atoms with E-state index in [-0.39, 0.29) is 0 Å². The monoisotopic (exact) mass is 206 g/mol. The quantitative estimate of drug-likeness (QED) is 0.729. The Morgan fingerprint density at radius 3 is 1.93 bits per heavy atom. The smallest absolute Gasteiger partial charge is 0.423 e. The van der Waals surface area contributed by atoms with Gasteiger partial charge in [-0.05, 0) is 37.2 Å². The Labute approximate surface area is 92.1 Å². The van der Waals surface area contributed by atoms with Crippen LogP contribution in [-0.2, 0) is 6.42 Å². The third kappa shape index (κ3) is 3.08. The van der Waals surface area contributed by atoms with Crippen molar-refractivity contribution in [3.05, 3.63) is 28.8 Å². The van der Waals surface area contributed by atoms with Gasteiger partial charge in [-0.1, -0.05) is 37.1 Å². The molecule has 82 valence electrons. The van der Waals surface area contributed by atoms with E-state index in [1.807, 2.05) is 26.0 Å². The van der Waals surface area contributed by atoms with E-state index in [1.54, 1.807) is 0 Å². The van der Waals surface area contributed by atoms with Crippen molar-refractivity contribution in [3.8, 4) is 0 Å². The van der Waals surface area contributed by atoms with Crippen molar-refractivity contribution in [2.75, 3.05) is 0 Å². The zero-order valence-corrected chi connectivity index (χ0v) is 9.91. The fourth-order valence-electron chi connectivity index (χ4n) is 2.06. The molecule has 2 nitrogen and oxygen atoms in total. The van der Waals surface area contributed by atoms with Gasteiger partial charge in [0.25, 0.3) is 0 Å². The number of hydrogen-bond acceptors (Lipinski definition) is 2. The summed E-state index contributed by atoms with van der Waals surface area (Å²) in [6.07, 6.45) is 1.03. The maximum Gasteiger partial charge on any atom is 0.488 e. The predicted molar refractivity (Wildman–Crippen MR) is 64.3 cm³/mol. The van der Waals surface area contributed by atoms with Gasteiger partial charge in [0.05, 0.1) is 0 Å². The van der Waals surface area contributed by atoms with Gasteiger partial charge in [0.15, 0.2) is 0 Å². The Hall–Kier alpha value is -0.795. The summed E-state index contributed by atoms with van der Waals surface area (Å²) in [5.74, 6) is 0.619. The molecule has 0 fully saturated rings. The lowest BCUT2D eigenvalue weighted by atomic mass is 9.73. The first-order valence-corrected chi connectivity index (χ1v) is 5.38. The van der Waals surface area contributed by atoms with Gasteiger partial charge >= 0.3 is 7.12 Å². The van der Waals surface area contributed by atoms with Crippen LogP contribution < -0.4 is 5.46 Å². The maximum absolute atomic E-state index is 9.21. The van der Waals surface area contributed by atoms with E-state index in [1.165, 1.54) is 5.56 Å². The first-order chi connectivity index (χ1) is 6.91. The van der Waals surface area contributed by atoms with Crippen molar-refractivity contribution in [2.24, 2.45) is 5.92 Å². The van der Waals surface area contributed by atoms with Crippen LogP contribution in [0.15, 0.2) is 12.1 Å². The molecule has 3 heteroatoms. The lowest BCUT2D eigenvalue weighted by molar-refractivity contribution is 0.425. The van der Waals surface area contributed by atoms with E-state index in [9.17, 15) is 10.0 Å². The molecule has 0 aliphatic rings. The van der Waals surface area contributed by atoms with Crippen molar-refractivity contribution in [1.82, 2.24) is 0 Å². The van der Waals surface area contributed by atoms with Crippen LogP contribution in [0.4, 0.5) is 0 Å². The largest absolute Gasteiger partial charge is 0.488 e. The molecule has 0 saturated carbocycles.